The van der Waals surface area contributed by atoms with Gasteiger partial charge in [0.1, 0.15) is 5.82 Å². The van der Waals surface area contributed by atoms with E-state index < -0.39 is 5.82 Å². The van der Waals surface area contributed by atoms with Gasteiger partial charge in [-0.3, -0.25) is 9.69 Å². The summed E-state index contributed by atoms with van der Waals surface area (Å²) in [4.78, 5) is 16.5. The highest BCUT2D eigenvalue weighted by Gasteiger charge is 2.25. The second kappa shape index (κ2) is 6.22. The molecule has 1 aliphatic rings. The molecule has 0 saturated carbocycles. The van der Waals surface area contributed by atoms with Crippen LogP contribution in [0.15, 0.2) is 18.2 Å². The summed E-state index contributed by atoms with van der Waals surface area (Å²) in [6, 6.07) is 4.47. The predicted octanol–water partition coefficient (Wildman–Crippen LogP) is 1.96. The minimum atomic E-state index is -0.430. The number of rotatable bonds is 3. The molecule has 0 bridgehead atoms. The fraction of sp³-hybridized carbons (Fsp3) is 0.533. The van der Waals surface area contributed by atoms with Crippen LogP contribution in [0.3, 0.4) is 0 Å². The molecule has 1 atom stereocenters. The SMILES string of the molecule is CCC(C)N1CCN(C(=O)c2cc(F)ccc2N)CC1. The number of piperazine rings is 1. The lowest BCUT2D eigenvalue weighted by molar-refractivity contribution is 0.0580. The molecule has 5 heteroatoms. The maximum absolute atomic E-state index is 13.3. The van der Waals surface area contributed by atoms with E-state index >= 15 is 0 Å². The van der Waals surface area contributed by atoms with Crippen LogP contribution in [0.2, 0.25) is 0 Å². The normalized spacial score (nSPS) is 18.1. The summed E-state index contributed by atoms with van der Waals surface area (Å²) in [5.74, 6) is -0.605. The van der Waals surface area contributed by atoms with Crippen LogP contribution in [0.25, 0.3) is 0 Å². The van der Waals surface area contributed by atoms with Crippen LogP contribution in [0.4, 0.5) is 10.1 Å². The fourth-order valence-corrected chi connectivity index (χ4v) is 2.51. The maximum atomic E-state index is 13.3. The molecule has 1 fully saturated rings. The quantitative estimate of drug-likeness (QED) is 0.861. The zero-order chi connectivity index (χ0) is 14.7. The average Bonchev–Trinajstić information content (AvgIpc) is 2.48. The van der Waals surface area contributed by atoms with Gasteiger partial charge in [-0.1, -0.05) is 6.92 Å². The molecule has 0 radical (unpaired) electrons. The topological polar surface area (TPSA) is 49.6 Å². The van der Waals surface area contributed by atoms with Gasteiger partial charge in [-0.25, -0.2) is 4.39 Å². The van der Waals surface area contributed by atoms with Crippen molar-refractivity contribution in [3.05, 3.63) is 29.6 Å². The summed E-state index contributed by atoms with van der Waals surface area (Å²) in [6.07, 6.45) is 1.10. The summed E-state index contributed by atoms with van der Waals surface area (Å²) in [7, 11) is 0. The van der Waals surface area contributed by atoms with Crippen molar-refractivity contribution >= 4 is 11.6 Å². The molecule has 1 saturated heterocycles. The highest BCUT2D eigenvalue weighted by molar-refractivity contribution is 5.99. The monoisotopic (exact) mass is 279 g/mol. The van der Waals surface area contributed by atoms with Crippen LogP contribution in [0, 0.1) is 5.82 Å². The summed E-state index contributed by atoms with van der Waals surface area (Å²) < 4.78 is 13.3. The Labute approximate surface area is 119 Å². The van der Waals surface area contributed by atoms with E-state index in [4.69, 9.17) is 5.73 Å². The van der Waals surface area contributed by atoms with Gasteiger partial charge >= 0.3 is 0 Å². The van der Waals surface area contributed by atoms with Gasteiger partial charge in [-0.05, 0) is 31.5 Å². The molecule has 2 rings (SSSR count). The third-order valence-corrected chi connectivity index (χ3v) is 4.06. The number of nitrogens with two attached hydrogens (primary N) is 1. The molecule has 1 amide bonds. The highest BCUT2D eigenvalue weighted by atomic mass is 19.1. The molecular weight excluding hydrogens is 257 g/mol. The third-order valence-electron chi connectivity index (χ3n) is 4.06. The van der Waals surface area contributed by atoms with E-state index in [2.05, 4.69) is 18.7 Å². The molecule has 0 spiro atoms. The van der Waals surface area contributed by atoms with Crippen molar-refractivity contribution in [3.63, 3.8) is 0 Å². The Balaban J connectivity index is 2.03. The Hall–Kier alpha value is -1.62. The molecule has 1 aromatic carbocycles. The highest BCUT2D eigenvalue weighted by Crippen LogP contribution is 2.17. The van der Waals surface area contributed by atoms with Crippen LogP contribution >= 0.6 is 0 Å². The fourth-order valence-electron chi connectivity index (χ4n) is 2.51. The summed E-state index contributed by atoms with van der Waals surface area (Å²) >= 11 is 0. The van der Waals surface area contributed by atoms with E-state index in [1.807, 2.05) is 0 Å². The molecule has 0 aromatic heterocycles. The van der Waals surface area contributed by atoms with E-state index in [9.17, 15) is 9.18 Å². The van der Waals surface area contributed by atoms with Crippen LogP contribution in [0.1, 0.15) is 30.6 Å². The number of carbonyl (C=O) groups excluding carboxylic acids is 1. The molecule has 1 unspecified atom stereocenters. The largest absolute Gasteiger partial charge is 0.398 e. The van der Waals surface area contributed by atoms with Gasteiger partial charge in [0.15, 0.2) is 0 Å². The lowest BCUT2D eigenvalue weighted by atomic mass is 10.1. The number of benzene rings is 1. The first-order valence-electron chi connectivity index (χ1n) is 7.11. The molecular formula is C15H22FN3O. The average molecular weight is 279 g/mol. The second-order valence-corrected chi connectivity index (χ2v) is 5.32. The molecule has 2 N–H and O–H groups in total. The summed E-state index contributed by atoms with van der Waals surface area (Å²) in [5.41, 5.74) is 6.37. The van der Waals surface area contributed by atoms with E-state index in [0.717, 1.165) is 19.5 Å². The maximum Gasteiger partial charge on any atom is 0.256 e. The Morgan fingerprint density at radius 2 is 2.00 bits per heavy atom. The van der Waals surface area contributed by atoms with Gasteiger partial charge in [0.25, 0.3) is 5.91 Å². The molecule has 1 aliphatic heterocycles. The van der Waals surface area contributed by atoms with Crippen LogP contribution in [-0.2, 0) is 0 Å². The first kappa shape index (κ1) is 14.8. The van der Waals surface area contributed by atoms with Crippen molar-refractivity contribution in [2.75, 3.05) is 31.9 Å². The summed E-state index contributed by atoms with van der Waals surface area (Å²) in [6.45, 7) is 7.40. The number of hydrogen-bond donors (Lipinski definition) is 1. The van der Waals surface area contributed by atoms with Crippen LogP contribution in [0.5, 0.6) is 0 Å². The van der Waals surface area contributed by atoms with Crippen molar-refractivity contribution in [2.24, 2.45) is 0 Å². The minimum absolute atomic E-state index is 0.175. The van der Waals surface area contributed by atoms with E-state index in [1.54, 1.807) is 4.90 Å². The minimum Gasteiger partial charge on any atom is -0.398 e. The van der Waals surface area contributed by atoms with Crippen molar-refractivity contribution in [1.82, 2.24) is 9.80 Å². The number of halogens is 1. The molecule has 1 heterocycles. The molecule has 20 heavy (non-hydrogen) atoms. The van der Waals surface area contributed by atoms with Gasteiger partial charge in [-0.2, -0.15) is 0 Å². The van der Waals surface area contributed by atoms with Crippen molar-refractivity contribution in [3.8, 4) is 0 Å². The lowest BCUT2D eigenvalue weighted by Gasteiger charge is -2.38. The number of anilines is 1. The molecule has 0 aliphatic carbocycles. The van der Waals surface area contributed by atoms with Crippen LogP contribution < -0.4 is 5.73 Å². The zero-order valence-corrected chi connectivity index (χ0v) is 12.1. The van der Waals surface area contributed by atoms with Gasteiger partial charge in [0.05, 0.1) is 5.56 Å². The Bertz CT molecular complexity index is 484. The van der Waals surface area contributed by atoms with Gasteiger partial charge < -0.3 is 10.6 Å². The number of nitrogen functional groups attached to an aromatic ring is 1. The number of hydrogen-bond acceptors (Lipinski definition) is 3. The van der Waals surface area contributed by atoms with Crippen molar-refractivity contribution in [1.29, 1.82) is 0 Å². The Morgan fingerprint density at radius 1 is 1.35 bits per heavy atom. The second-order valence-electron chi connectivity index (χ2n) is 5.32. The van der Waals surface area contributed by atoms with E-state index in [-0.39, 0.29) is 11.5 Å². The standard InChI is InChI=1S/C15H22FN3O/c1-3-11(2)18-6-8-19(9-7-18)15(20)13-10-12(16)4-5-14(13)17/h4-5,10-11H,3,6-9,17H2,1-2H3. The third kappa shape index (κ3) is 3.10. The van der Waals surface area contributed by atoms with E-state index in [0.29, 0.717) is 24.8 Å². The number of amides is 1. The Kier molecular flexibility index (Phi) is 4.60. The zero-order valence-electron chi connectivity index (χ0n) is 12.1. The predicted molar refractivity (Wildman–Crippen MR) is 78.0 cm³/mol. The first-order chi connectivity index (χ1) is 9.52. The molecule has 110 valence electrons. The van der Waals surface area contributed by atoms with Gasteiger partial charge in [0, 0.05) is 37.9 Å². The first-order valence-corrected chi connectivity index (χ1v) is 7.11. The molecule has 4 nitrogen and oxygen atoms in total. The van der Waals surface area contributed by atoms with Gasteiger partial charge in [0.2, 0.25) is 0 Å². The Morgan fingerprint density at radius 3 is 2.60 bits per heavy atom. The number of carbonyl (C=O) groups is 1. The van der Waals surface area contributed by atoms with Crippen molar-refractivity contribution in [2.45, 2.75) is 26.3 Å². The lowest BCUT2D eigenvalue weighted by Crippen LogP contribution is -2.51. The smallest absolute Gasteiger partial charge is 0.256 e. The summed E-state index contributed by atoms with van der Waals surface area (Å²) in [5, 5.41) is 0. The van der Waals surface area contributed by atoms with E-state index in [1.165, 1.54) is 18.2 Å². The molecule has 1 aromatic rings. The number of nitrogens with zero attached hydrogens (tertiary/aromatic N) is 2. The van der Waals surface area contributed by atoms with Gasteiger partial charge in [-0.15, -0.1) is 0 Å². The van der Waals surface area contributed by atoms with Crippen molar-refractivity contribution < 1.29 is 9.18 Å². The van der Waals surface area contributed by atoms with Crippen LogP contribution in [-0.4, -0.2) is 47.9 Å².